The highest BCUT2D eigenvalue weighted by atomic mass is 15.2. The van der Waals surface area contributed by atoms with Gasteiger partial charge in [-0.2, -0.15) is 0 Å². The molecule has 9 rings (SSSR count). The van der Waals surface area contributed by atoms with Gasteiger partial charge in [-0.25, -0.2) is 0 Å². The summed E-state index contributed by atoms with van der Waals surface area (Å²) >= 11 is 0. The fourth-order valence-electron chi connectivity index (χ4n) is 9.33. The van der Waals surface area contributed by atoms with E-state index in [9.17, 15) is 2.74 Å². The predicted molar refractivity (Wildman–Crippen MR) is 213 cm³/mol. The van der Waals surface area contributed by atoms with Crippen LogP contribution in [0.15, 0.2) is 91.0 Å². The summed E-state index contributed by atoms with van der Waals surface area (Å²) < 4.78 is 19.3. The summed E-state index contributed by atoms with van der Waals surface area (Å²) in [4.78, 5) is 5.05. The van der Waals surface area contributed by atoms with Gasteiger partial charge in [0.05, 0.1) is 0 Å². The van der Waals surface area contributed by atoms with Crippen LogP contribution in [0.2, 0.25) is 0 Å². The molecule has 2 aliphatic carbocycles. The van der Waals surface area contributed by atoms with Crippen LogP contribution in [0.25, 0.3) is 10.8 Å². The van der Waals surface area contributed by atoms with E-state index in [4.69, 9.17) is 0 Å². The Kier molecular flexibility index (Phi) is 6.33. The lowest BCUT2D eigenvalue weighted by atomic mass is 9.33. The molecule has 0 amide bonds. The molecule has 2 nitrogen and oxygen atoms in total. The van der Waals surface area contributed by atoms with Crippen molar-refractivity contribution < 1.29 is 2.74 Å². The molecule has 2 aliphatic heterocycles. The van der Waals surface area contributed by atoms with Gasteiger partial charge in [0.15, 0.2) is 0 Å². The quantitative estimate of drug-likeness (QED) is 0.177. The number of hydrogen-bond acceptors (Lipinski definition) is 2. The van der Waals surface area contributed by atoms with Crippen molar-refractivity contribution in [2.45, 2.75) is 104 Å². The highest BCUT2D eigenvalue weighted by Gasteiger charge is 2.49. The van der Waals surface area contributed by atoms with Crippen LogP contribution in [0.3, 0.4) is 0 Å². The molecular weight excluding hydrogens is 591 g/mol. The van der Waals surface area contributed by atoms with Gasteiger partial charge in [-0.15, -0.1) is 0 Å². The van der Waals surface area contributed by atoms with Crippen LogP contribution in [0.5, 0.6) is 0 Å². The summed E-state index contributed by atoms with van der Waals surface area (Å²) in [7, 11) is 0. The van der Waals surface area contributed by atoms with E-state index >= 15 is 0 Å². The Hall–Kier alpha value is -3.98. The molecular formula is C46H51BN2. The average Bonchev–Trinajstić information content (AvgIpc) is 3.66. The van der Waals surface area contributed by atoms with E-state index in [2.05, 4.69) is 156 Å². The first-order valence-corrected chi connectivity index (χ1v) is 18.7. The van der Waals surface area contributed by atoms with E-state index in [0.717, 1.165) is 24.9 Å². The van der Waals surface area contributed by atoms with Crippen LogP contribution in [-0.2, 0) is 10.8 Å². The highest BCUT2D eigenvalue weighted by Crippen LogP contribution is 2.52. The lowest BCUT2D eigenvalue weighted by Gasteiger charge is -2.48. The molecule has 0 aromatic heterocycles. The molecule has 0 radical (unpaired) electrons. The Morgan fingerprint density at radius 1 is 0.694 bits per heavy atom. The lowest BCUT2D eigenvalue weighted by Crippen LogP contribution is -2.63. The Morgan fingerprint density at radius 2 is 1.35 bits per heavy atom. The summed E-state index contributed by atoms with van der Waals surface area (Å²) in [5.74, 6) is 0.780. The van der Waals surface area contributed by atoms with Crippen molar-refractivity contribution in [1.82, 2.24) is 0 Å². The number of fused-ring (bicyclic) bond motifs is 7. The fourth-order valence-corrected chi connectivity index (χ4v) is 9.33. The zero-order valence-electron chi connectivity index (χ0n) is 32.6. The van der Waals surface area contributed by atoms with E-state index < -0.39 is 6.37 Å². The molecule has 49 heavy (non-hydrogen) atoms. The minimum atomic E-state index is -1.26. The monoisotopic (exact) mass is 644 g/mol. The van der Waals surface area contributed by atoms with Gasteiger partial charge >= 0.3 is 0 Å². The summed E-state index contributed by atoms with van der Waals surface area (Å²) in [5.41, 5.74) is 13.9. The first-order valence-electron chi connectivity index (χ1n) is 19.7. The topological polar surface area (TPSA) is 6.48 Å². The number of anilines is 5. The molecule has 2 saturated carbocycles. The zero-order valence-corrected chi connectivity index (χ0v) is 30.6. The van der Waals surface area contributed by atoms with E-state index in [1.807, 2.05) is 0 Å². The van der Waals surface area contributed by atoms with E-state index in [0.29, 0.717) is 11.8 Å². The van der Waals surface area contributed by atoms with Crippen molar-refractivity contribution >= 4 is 62.3 Å². The van der Waals surface area contributed by atoms with Gasteiger partial charge in [0.2, 0.25) is 0 Å². The summed E-state index contributed by atoms with van der Waals surface area (Å²) in [5, 5.41) is 2.47. The third-order valence-corrected chi connectivity index (χ3v) is 12.1. The molecule has 3 unspecified atom stereocenters. The zero-order chi connectivity index (χ0) is 35.8. The van der Waals surface area contributed by atoms with Gasteiger partial charge in [-0.3, -0.25) is 0 Å². The fraction of sp³-hybridized carbons (Fsp3) is 0.391. The number of benzene rings is 5. The Morgan fingerprint density at radius 3 is 2.00 bits per heavy atom. The molecule has 5 aromatic rings. The molecule has 2 fully saturated rings. The van der Waals surface area contributed by atoms with Crippen molar-refractivity contribution in [1.29, 1.82) is 0 Å². The third kappa shape index (κ3) is 4.82. The van der Waals surface area contributed by atoms with E-state index in [1.165, 1.54) is 66.6 Å². The van der Waals surface area contributed by atoms with Gasteiger partial charge in [0.1, 0.15) is 0 Å². The third-order valence-electron chi connectivity index (χ3n) is 12.1. The predicted octanol–water partition coefficient (Wildman–Crippen LogP) is 10.5. The largest absolute Gasteiger partial charge is 0.339 e. The molecule has 2 heterocycles. The Balaban J connectivity index is 1.40. The van der Waals surface area contributed by atoms with Crippen molar-refractivity contribution in [3.63, 3.8) is 0 Å². The number of hydrogen-bond donors (Lipinski definition) is 0. The second-order valence-corrected chi connectivity index (χ2v) is 17.7. The SMILES string of the molecule is [2H]C1([2H])C2CCC(C2)C1N1c2ccc(C(C)(C)C)cc2B2c3cc(C(C)(C)C)ccc3N(c3ccc4ccccc4c3)c3cc(C(C)C)cc1c32. The first kappa shape index (κ1) is 28.8. The second-order valence-electron chi connectivity index (χ2n) is 17.7. The molecule has 0 saturated heterocycles. The molecule has 5 aromatic carbocycles. The summed E-state index contributed by atoms with van der Waals surface area (Å²) in [6.07, 6.45) is 1.83. The Labute approximate surface area is 297 Å². The highest BCUT2D eigenvalue weighted by molar-refractivity contribution is 7.00. The van der Waals surface area contributed by atoms with E-state index in [1.54, 1.807) is 0 Å². The normalized spacial score (nSPS) is 22.6. The van der Waals surface area contributed by atoms with Crippen molar-refractivity contribution in [3.8, 4) is 0 Å². The van der Waals surface area contributed by atoms with Gasteiger partial charge in [0, 0.05) is 37.2 Å². The smallest absolute Gasteiger partial charge is 0.252 e. The van der Waals surface area contributed by atoms with Crippen LogP contribution < -0.4 is 26.2 Å². The van der Waals surface area contributed by atoms with Crippen LogP contribution in [0, 0.1) is 11.8 Å². The van der Waals surface area contributed by atoms with Crippen LogP contribution >= 0.6 is 0 Å². The standard InChI is InChI=1S/C46H51BN2/c1-28(2)33-24-42-44-43(25-33)49(41-22-29-13-14-32(41)21-29)40-20-17-35(46(6,7)8)27-38(40)47(44)37-26-34(45(3,4)5)16-19-39(37)48(42)36-18-15-30-11-9-10-12-31(30)23-36/h9-12,15-20,23-29,32,41H,13-14,21-22H2,1-8H3/i22D2. The van der Waals surface area contributed by atoms with Crippen molar-refractivity contribution in [2.24, 2.45) is 11.8 Å². The molecule has 3 heteroatoms. The van der Waals surface area contributed by atoms with Crippen LogP contribution in [-0.4, -0.2) is 12.8 Å². The molecule has 248 valence electrons. The van der Waals surface area contributed by atoms with Crippen molar-refractivity contribution in [3.05, 3.63) is 108 Å². The molecule has 0 N–H and O–H groups in total. The van der Waals surface area contributed by atoms with Gasteiger partial charge in [-0.1, -0.05) is 116 Å². The second kappa shape index (κ2) is 10.8. The maximum atomic E-state index is 9.67. The number of nitrogens with zero attached hydrogens (tertiary/aromatic N) is 2. The van der Waals surface area contributed by atoms with Gasteiger partial charge in [0.25, 0.3) is 6.71 Å². The van der Waals surface area contributed by atoms with Crippen LogP contribution in [0.1, 0.15) is 106 Å². The van der Waals surface area contributed by atoms with Crippen LogP contribution in [0.4, 0.5) is 28.4 Å². The lowest BCUT2D eigenvalue weighted by molar-refractivity contribution is 0.413. The summed E-state index contributed by atoms with van der Waals surface area (Å²) in [6, 6.07) is 34.7. The Bertz CT molecular complexity index is 2220. The van der Waals surface area contributed by atoms with Gasteiger partial charge < -0.3 is 9.80 Å². The molecule has 2 bridgehead atoms. The maximum Gasteiger partial charge on any atom is 0.252 e. The average molecular weight is 645 g/mol. The van der Waals surface area contributed by atoms with E-state index in [-0.39, 0.29) is 29.5 Å². The maximum absolute atomic E-state index is 9.67. The number of rotatable bonds is 3. The van der Waals surface area contributed by atoms with Gasteiger partial charge in [-0.05, 0) is 128 Å². The minimum Gasteiger partial charge on any atom is -0.339 e. The molecule has 3 atom stereocenters. The molecule has 4 aliphatic rings. The molecule has 0 spiro atoms. The minimum absolute atomic E-state index is 0.0106. The van der Waals surface area contributed by atoms with Crippen molar-refractivity contribution in [2.75, 3.05) is 9.80 Å². The summed E-state index contributed by atoms with van der Waals surface area (Å²) in [6.45, 7) is 18.5. The first-order chi connectivity index (χ1) is 24.1.